The van der Waals surface area contributed by atoms with Gasteiger partial charge in [0.15, 0.2) is 11.6 Å². The van der Waals surface area contributed by atoms with Crippen molar-refractivity contribution >= 4 is 33.5 Å². The molecule has 0 fully saturated rings. The molecule has 10 heteroatoms. The summed E-state index contributed by atoms with van der Waals surface area (Å²) >= 11 is 0. The van der Waals surface area contributed by atoms with Crippen LogP contribution in [0.4, 0.5) is 10.1 Å². The van der Waals surface area contributed by atoms with Gasteiger partial charge in [-0.25, -0.2) is 14.4 Å². The molecule has 0 aliphatic heterocycles. The quantitative estimate of drug-likeness (QED) is 0.265. The van der Waals surface area contributed by atoms with Crippen LogP contribution in [-0.2, 0) is 7.05 Å². The number of carbonyl (C=O) groups excluding carboxylic acids is 1. The number of nitrogens with zero attached hydrogens (tertiary/aromatic N) is 3. The van der Waals surface area contributed by atoms with Crippen molar-refractivity contribution in [2.45, 2.75) is 6.92 Å². The van der Waals surface area contributed by atoms with E-state index in [-0.39, 0.29) is 22.9 Å². The maximum Gasteiger partial charge on any atom is 0.261 e. The summed E-state index contributed by atoms with van der Waals surface area (Å²) in [6.45, 7) is 1.69. The first kappa shape index (κ1) is 25.8. The van der Waals surface area contributed by atoms with Crippen molar-refractivity contribution in [3.63, 3.8) is 0 Å². The second kappa shape index (κ2) is 10.2. The average Bonchev–Trinajstić information content (AvgIpc) is 3.43. The van der Waals surface area contributed by atoms with Gasteiger partial charge in [0.2, 0.25) is 11.3 Å². The fourth-order valence-electron chi connectivity index (χ4n) is 4.85. The van der Waals surface area contributed by atoms with Crippen LogP contribution in [0.2, 0.25) is 0 Å². The highest BCUT2D eigenvalue weighted by atomic mass is 19.1. The lowest BCUT2D eigenvalue weighted by atomic mass is 10.1. The average molecular weight is 550 g/mol. The molecule has 0 radical (unpaired) electrons. The topological polar surface area (TPSA) is 111 Å². The molecule has 3 aromatic carbocycles. The number of rotatable bonds is 6. The van der Waals surface area contributed by atoms with Crippen molar-refractivity contribution in [1.82, 2.24) is 19.5 Å². The van der Waals surface area contributed by atoms with Gasteiger partial charge in [-0.2, -0.15) is 0 Å². The highest BCUT2D eigenvalue weighted by molar-refractivity contribution is 6.07. The molecule has 6 rings (SSSR count). The van der Waals surface area contributed by atoms with Crippen LogP contribution in [0.5, 0.6) is 17.4 Å². The molecule has 6 aromatic rings. The van der Waals surface area contributed by atoms with E-state index in [0.717, 1.165) is 17.2 Å². The van der Waals surface area contributed by atoms with Crippen LogP contribution < -0.4 is 20.2 Å². The predicted octanol–water partition coefficient (Wildman–Crippen LogP) is 5.98. The Morgan fingerprint density at radius 3 is 2.61 bits per heavy atom. The van der Waals surface area contributed by atoms with Crippen LogP contribution in [0.1, 0.15) is 16.1 Å². The zero-order chi connectivity index (χ0) is 28.7. The van der Waals surface area contributed by atoms with Crippen molar-refractivity contribution in [2.75, 3.05) is 12.4 Å². The maximum atomic E-state index is 15.2. The minimum atomic E-state index is -0.723. The van der Waals surface area contributed by atoms with E-state index in [1.54, 1.807) is 42.9 Å². The minimum absolute atomic E-state index is 0.0433. The van der Waals surface area contributed by atoms with Crippen molar-refractivity contribution < 1.29 is 18.7 Å². The summed E-state index contributed by atoms with van der Waals surface area (Å²) in [5.74, 6) is -0.791. The Bertz CT molecular complexity index is 2020. The van der Waals surface area contributed by atoms with E-state index < -0.39 is 17.2 Å². The highest BCUT2D eigenvalue weighted by Gasteiger charge is 2.21. The molecule has 0 atom stereocenters. The summed E-state index contributed by atoms with van der Waals surface area (Å²) in [6, 6.07) is 18.8. The number of halogens is 1. The van der Waals surface area contributed by atoms with Crippen LogP contribution in [0.25, 0.3) is 33.1 Å². The Hall–Kier alpha value is -5.51. The lowest BCUT2D eigenvalue weighted by Gasteiger charge is -2.15. The van der Waals surface area contributed by atoms with Gasteiger partial charge < -0.3 is 24.3 Å². The summed E-state index contributed by atoms with van der Waals surface area (Å²) in [7, 11) is 3.27. The number of nitrogens with one attached hydrogen (secondary N) is 2. The number of fused-ring (bicyclic) bond motifs is 2. The number of amides is 1. The third-order valence-corrected chi connectivity index (χ3v) is 7.04. The fourth-order valence-corrected chi connectivity index (χ4v) is 4.85. The zero-order valence-corrected chi connectivity index (χ0v) is 22.4. The molecule has 3 aromatic heterocycles. The number of pyridine rings is 1. The highest BCUT2D eigenvalue weighted by Crippen LogP contribution is 2.36. The summed E-state index contributed by atoms with van der Waals surface area (Å²) in [4.78, 5) is 38.1. The number of anilines is 1. The Labute approximate surface area is 233 Å². The first-order valence-electron chi connectivity index (χ1n) is 12.7. The van der Waals surface area contributed by atoms with Gasteiger partial charge in [0, 0.05) is 36.3 Å². The summed E-state index contributed by atoms with van der Waals surface area (Å²) in [5, 5.41) is 3.59. The molecular weight excluding hydrogens is 525 g/mol. The van der Waals surface area contributed by atoms with E-state index in [0.29, 0.717) is 33.4 Å². The Morgan fingerprint density at radius 2 is 1.85 bits per heavy atom. The summed E-state index contributed by atoms with van der Waals surface area (Å²) < 4.78 is 28.1. The van der Waals surface area contributed by atoms with Gasteiger partial charge >= 0.3 is 0 Å². The van der Waals surface area contributed by atoms with Crippen LogP contribution in [0.15, 0.2) is 84.0 Å². The lowest BCUT2D eigenvalue weighted by molar-refractivity contribution is 0.102. The van der Waals surface area contributed by atoms with Gasteiger partial charge in [-0.3, -0.25) is 9.59 Å². The molecule has 204 valence electrons. The maximum absolute atomic E-state index is 15.2. The molecule has 0 aliphatic carbocycles. The number of hydrogen-bond donors (Lipinski definition) is 2. The van der Waals surface area contributed by atoms with Gasteiger partial charge in [-0.1, -0.05) is 30.3 Å². The van der Waals surface area contributed by atoms with Crippen molar-refractivity contribution in [3.8, 4) is 28.5 Å². The van der Waals surface area contributed by atoms with Crippen molar-refractivity contribution in [3.05, 3.63) is 107 Å². The number of hydrogen-bond acceptors (Lipinski definition) is 6. The minimum Gasteiger partial charge on any atom is -0.497 e. The third-order valence-electron chi connectivity index (χ3n) is 7.04. The number of carbonyl (C=O) groups is 1. The van der Waals surface area contributed by atoms with Gasteiger partial charge in [0.25, 0.3) is 5.91 Å². The predicted molar refractivity (Wildman–Crippen MR) is 154 cm³/mol. The van der Waals surface area contributed by atoms with Crippen LogP contribution in [-0.4, -0.2) is 32.5 Å². The molecule has 3 heterocycles. The van der Waals surface area contributed by atoms with E-state index in [4.69, 9.17) is 9.47 Å². The van der Waals surface area contributed by atoms with Gasteiger partial charge in [-0.05, 0) is 42.8 Å². The molecule has 0 saturated carbocycles. The van der Waals surface area contributed by atoms with Gasteiger partial charge in [0.05, 0.1) is 23.4 Å². The zero-order valence-electron chi connectivity index (χ0n) is 22.4. The van der Waals surface area contributed by atoms with E-state index in [1.807, 2.05) is 30.3 Å². The first-order valence-corrected chi connectivity index (χ1v) is 12.7. The van der Waals surface area contributed by atoms with E-state index in [9.17, 15) is 9.59 Å². The number of aromatic amines is 1. The largest absolute Gasteiger partial charge is 0.497 e. The molecule has 0 aliphatic rings. The summed E-state index contributed by atoms with van der Waals surface area (Å²) in [6.07, 6.45) is 3.13. The van der Waals surface area contributed by atoms with E-state index in [2.05, 4.69) is 20.3 Å². The van der Waals surface area contributed by atoms with E-state index in [1.165, 1.54) is 25.6 Å². The number of methoxy groups -OCH3 is 1. The van der Waals surface area contributed by atoms with Crippen LogP contribution >= 0.6 is 0 Å². The molecule has 0 bridgehead atoms. The number of aromatic nitrogens is 4. The lowest BCUT2D eigenvalue weighted by Crippen LogP contribution is -2.26. The second-order valence-corrected chi connectivity index (χ2v) is 9.40. The van der Waals surface area contributed by atoms with Crippen molar-refractivity contribution in [2.24, 2.45) is 7.05 Å². The van der Waals surface area contributed by atoms with Crippen LogP contribution in [0, 0.1) is 12.7 Å². The number of aryl methyl sites for hydroxylation is 1. The van der Waals surface area contributed by atoms with Gasteiger partial charge in [-0.15, -0.1) is 0 Å². The SMILES string of the molecule is COc1ccc2c(c1)c(=O)c(C(=O)Nc1ccc(Oc3ncnc4[nH]cc(-c5ccccc5)c34)c(F)c1)c(C)n2C. The fraction of sp³-hybridized carbons (Fsp3) is 0.0968. The molecule has 41 heavy (non-hydrogen) atoms. The first-order chi connectivity index (χ1) is 19.9. The molecule has 9 nitrogen and oxygen atoms in total. The Balaban J connectivity index is 1.30. The standard InChI is InChI=1S/C31H24FN5O4/c1-17-26(28(38)21-14-20(40-3)10-11-24(21)37(17)2)30(39)36-19-9-12-25(23(32)13-19)41-31-27-22(18-7-5-4-6-8-18)15-33-29(27)34-16-35-31/h4-16H,1-3H3,(H,36,39)(H,33,34,35). The Morgan fingerprint density at radius 1 is 1.05 bits per heavy atom. The van der Waals surface area contributed by atoms with E-state index >= 15 is 4.39 Å². The number of benzene rings is 3. The summed E-state index contributed by atoms with van der Waals surface area (Å²) in [5.41, 5.74) is 3.08. The molecular formula is C31H24FN5O4. The molecule has 0 unspecified atom stereocenters. The molecule has 2 N–H and O–H groups in total. The third kappa shape index (κ3) is 4.55. The molecule has 1 amide bonds. The number of H-pyrrole nitrogens is 1. The monoisotopic (exact) mass is 549 g/mol. The van der Waals surface area contributed by atoms with Crippen molar-refractivity contribution in [1.29, 1.82) is 0 Å². The van der Waals surface area contributed by atoms with Gasteiger partial charge in [0.1, 0.15) is 23.3 Å². The molecule has 0 saturated heterocycles. The Kier molecular flexibility index (Phi) is 6.43. The normalized spacial score (nSPS) is 11.1. The van der Waals surface area contributed by atoms with Crippen LogP contribution in [0.3, 0.4) is 0 Å². The number of ether oxygens (including phenoxy) is 2. The molecule has 0 spiro atoms. The second-order valence-electron chi connectivity index (χ2n) is 9.40. The smallest absolute Gasteiger partial charge is 0.261 e.